The summed E-state index contributed by atoms with van der Waals surface area (Å²) in [7, 11) is 1.69. The lowest BCUT2D eigenvalue weighted by Crippen LogP contribution is -2.19. The SMILES string of the molecule is C=C/C(=C\N(C)N)c1cc2nccn2c(-c2cnn(C(CC#N)C3CC3(F)F)c2)n1. The second-order valence-electron chi connectivity index (χ2n) is 7.28. The van der Waals surface area contributed by atoms with Gasteiger partial charge in [-0.1, -0.05) is 12.7 Å². The van der Waals surface area contributed by atoms with Crippen LogP contribution in [0.15, 0.2) is 49.7 Å². The smallest absolute Gasteiger partial charge is 0.253 e. The minimum absolute atomic E-state index is 0.0402. The molecule has 0 spiro atoms. The second kappa shape index (κ2) is 7.35. The van der Waals surface area contributed by atoms with Crippen LogP contribution in [0.3, 0.4) is 0 Å². The molecule has 1 saturated carbocycles. The second-order valence-corrected chi connectivity index (χ2v) is 7.28. The molecule has 4 rings (SSSR count). The quantitative estimate of drug-likeness (QED) is 0.365. The summed E-state index contributed by atoms with van der Waals surface area (Å²) in [5.74, 6) is 2.64. The van der Waals surface area contributed by atoms with Gasteiger partial charge in [-0.25, -0.2) is 24.6 Å². The number of allylic oxidation sites excluding steroid dienone is 2. The molecule has 0 aromatic carbocycles. The molecule has 2 atom stereocenters. The van der Waals surface area contributed by atoms with E-state index >= 15 is 0 Å². The summed E-state index contributed by atoms with van der Waals surface area (Å²) in [5.41, 5.74) is 2.57. The number of rotatable bonds is 7. The molecule has 8 nitrogen and oxygen atoms in total. The minimum Gasteiger partial charge on any atom is -0.321 e. The number of aromatic nitrogens is 5. The molecule has 1 aliphatic rings. The van der Waals surface area contributed by atoms with E-state index in [0.717, 1.165) is 0 Å². The van der Waals surface area contributed by atoms with E-state index in [1.807, 2.05) is 6.07 Å². The van der Waals surface area contributed by atoms with E-state index in [2.05, 4.69) is 16.7 Å². The Morgan fingerprint density at radius 3 is 2.97 bits per heavy atom. The molecule has 3 heterocycles. The third kappa shape index (κ3) is 3.55. The molecule has 1 fully saturated rings. The molecule has 2 unspecified atom stereocenters. The number of halogens is 2. The number of nitrogens with two attached hydrogens (primary N) is 1. The van der Waals surface area contributed by atoms with E-state index in [1.54, 1.807) is 54.6 Å². The van der Waals surface area contributed by atoms with Crippen LogP contribution in [0, 0.1) is 17.2 Å². The lowest BCUT2D eigenvalue weighted by molar-refractivity contribution is 0.0847. The van der Waals surface area contributed by atoms with Crippen LogP contribution in [0.4, 0.5) is 8.78 Å². The van der Waals surface area contributed by atoms with Gasteiger partial charge in [0, 0.05) is 49.9 Å². The zero-order valence-electron chi connectivity index (χ0n) is 16.3. The maximum Gasteiger partial charge on any atom is 0.253 e. The minimum atomic E-state index is -2.75. The summed E-state index contributed by atoms with van der Waals surface area (Å²) in [6, 6.07) is 3.10. The Morgan fingerprint density at radius 2 is 2.33 bits per heavy atom. The molecule has 1 aliphatic carbocycles. The fourth-order valence-electron chi connectivity index (χ4n) is 3.52. The zero-order chi connectivity index (χ0) is 21.5. The Morgan fingerprint density at radius 1 is 1.57 bits per heavy atom. The average Bonchev–Trinajstić information content (AvgIpc) is 3.12. The zero-order valence-corrected chi connectivity index (χ0v) is 16.3. The number of hydrogen-bond acceptors (Lipinski definition) is 6. The highest BCUT2D eigenvalue weighted by molar-refractivity contribution is 5.74. The summed E-state index contributed by atoms with van der Waals surface area (Å²) in [4.78, 5) is 9.05. The average molecular weight is 410 g/mol. The molecular formula is C20H20F2N8. The van der Waals surface area contributed by atoms with Crippen molar-refractivity contribution in [3.63, 3.8) is 0 Å². The molecule has 3 aromatic rings. The van der Waals surface area contributed by atoms with Gasteiger partial charge in [0.25, 0.3) is 5.92 Å². The van der Waals surface area contributed by atoms with Crippen LogP contribution < -0.4 is 5.84 Å². The highest BCUT2D eigenvalue weighted by atomic mass is 19.3. The molecule has 154 valence electrons. The van der Waals surface area contributed by atoms with E-state index in [-0.39, 0.29) is 12.8 Å². The van der Waals surface area contributed by atoms with Gasteiger partial charge in [0.15, 0.2) is 0 Å². The van der Waals surface area contributed by atoms with Gasteiger partial charge in [0.2, 0.25) is 0 Å². The monoisotopic (exact) mass is 410 g/mol. The van der Waals surface area contributed by atoms with Gasteiger partial charge in [0.1, 0.15) is 11.5 Å². The number of hydrogen-bond donors (Lipinski definition) is 1. The lowest BCUT2D eigenvalue weighted by atomic mass is 10.1. The summed E-state index contributed by atoms with van der Waals surface area (Å²) in [6.07, 6.45) is 9.65. The van der Waals surface area contributed by atoms with Crippen LogP contribution in [0.25, 0.3) is 22.6 Å². The van der Waals surface area contributed by atoms with Crippen molar-refractivity contribution in [1.82, 2.24) is 29.2 Å². The first-order chi connectivity index (χ1) is 14.3. The summed E-state index contributed by atoms with van der Waals surface area (Å²) in [5, 5.41) is 14.8. The van der Waals surface area contributed by atoms with Crippen LogP contribution in [0.5, 0.6) is 0 Å². The Hall–Kier alpha value is -3.58. The fraction of sp³-hybridized carbons (Fsp3) is 0.300. The van der Waals surface area contributed by atoms with Crippen LogP contribution >= 0.6 is 0 Å². The first-order valence-corrected chi connectivity index (χ1v) is 9.29. The third-order valence-electron chi connectivity index (χ3n) is 5.09. The summed E-state index contributed by atoms with van der Waals surface area (Å²) in [6.45, 7) is 3.81. The third-order valence-corrected chi connectivity index (χ3v) is 5.09. The van der Waals surface area contributed by atoms with Gasteiger partial charge in [-0.05, 0) is 0 Å². The lowest BCUT2D eigenvalue weighted by Gasteiger charge is -2.13. The number of hydrazine groups is 1. The van der Waals surface area contributed by atoms with Crippen molar-refractivity contribution in [3.8, 4) is 17.5 Å². The predicted octanol–water partition coefficient (Wildman–Crippen LogP) is 3.04. The van der Waals surface area contributed by atoms with Gasteiger partial charge in [-0.15, -0.1) is 0 Å². The maximum absolute atomic E-state index is 13.6. The predicted molar refractivity (Wildman–Crippen MR) is 107 cm³/mol. The van der Waals surface area contributed by atoms with Gasteiger partial charge in [-0.3, -0.25) is 9.08 Å². The van der Waals surface area contributed by atoms with Crippen molar-refractivity contribution >= 4 is 11.2 Å². The first-order valence-electron chi connectivity index (χ1n) is 9.29. The number of alkyl halides is 2. The van der Waals surface area contributed by atoms with Crippen molar-refractivity contribution in [3.05, 3.63) is 55.4 Å². The van der Waals surface area contributed by atoms with Gasteiger partial charge in [-0.2, -0.15) is 10.4 Å². The van der Waals surface area contributed by atoms with Crippen molar-refractivity contribution < 1.29 is 8.78 Å². The summed E-state index contributed by atoms with van der Waals surface area (Å²) < 4.78 is 30.5. The van der Waals surface area contributed by atoms with Crippen molar-refractivity contribution in [2.24, 2.45) is 11.8 Å². The molecule has 0 saturated heterocycles. The normalized spacial score (nSPS) is 18.8. The summed E-state index contributed by atoms with van der Waals surface area (Å²) >= 11 is 0. The van der Waals surface area contributed by atoms with Crippen molar-refractivity contribution in [2.45, 2.75) is 24.8 Å². The van der Waals surface area contributed by atoms with Gasteiger partial charge in [0.05, 0.1) is 41.9 Å². The number of imidazole rings is 1. The molecule has 30 heavy (non-hydrogen) atoms. The van der Waals surface area contributed by atoms with Crippen LogP contribution in [-0.4, -0.2) is 42.1 Å². The van der Waals surface area contributed by atoms with Gasteiger partial charge < -0.3 is 5.01 Å². The molecule has 3 aromatic heterocycles. The van der Waals surface area contributed by atoms with Crippen LogP contribution in [-0.2, 0) is 0 Å². The molecular weight excluding hydrogens is 390 g/mol. The maximum atomic E-state index is 13.6. The van der Waals surface area contributed by atoms with Crippen LogP contribution in [0.1, 0.15) is 24.6 Å². The van der Waals surface area contributed by atoms with E-state index in [0.29, 0.717) is 28.3 Å². The Kier molecular flexibility index (Phi) is 4.83. The van der Waals surface area contributed by atoms with Crippen LogP contribution in [0.2, 0.25) is 0 Å². The van der Waals surface area contributed by atoms with E-state index < -0.39 is 17.9 Å². The Balaban J connectivity index is 1.78. The largest absolute Gasteiger partial charge is 0.321 e. The molecule has 10 heteroatoms. The fourth-order valence-corrected chi connectivity index (χ4v) is 3.52. The highest BCUT2D eigenvalue weighted by Gasteiger charge is 2.61. The van der Waals surface area contributed by atoms with Gasteiger partial charge >= 0.3 is 0 Å². The molecule has 0 aliphatic heterocycles. The van der Waals surface area contributed by atoms with E-state index in [9.17, 15) is 8.78 Å². The Bertz CT molecular complexity index is 1170. The number of fused-ring (bicyclic) bond motifs is 1. The van der Waals surface area contributed by atoms with E-state index in [1.165, 1.54) is 9.69 Å². The standard InChI is InChI=1S/C20H20F2N8/c1-3-13(11-28(2)24)16-8-18-25-6-7-29(18)19(27-16)14-10-26-30(12-14)17(4-5-23)15-9-20(15,21)22/h3,6-8,10-12,15,17H,1,4,9,24H2,2H3/b13-11+. The molecule has 0 amide bonds. The number of nitrogens with zero attached hydrogens (tertiary/aromatic N) is 7. The highest BCUT2D eigenvalue weighted by Crippen LogP contribution is 2.55. The van der Waals surface area contributed by atoms with Crippen molar-refractivity contribution in [1.29, 1.82) is 5.26 Å². The molecule has 0 bridgehead atoms. The first kappa shape index (κ1) is 19.7. The molecule has 0 radical (unpaired) electrons. The topological polar surface area (TPSA) is 101 Å². The van der Waals surface area contributed by atoms with E-state index in [4.69, 9.17) is 16.1 Å². The Labute approximate surface area is 171 Å². The van der Waals surface area contributed by atoms with Crippen molar-refractivity contribution in [2.75, 3.05) is 7.05 Å². The number of nitriles is 1. The molecule has 2 N–H and O–H groups in total.